The number of halogens is 7. The van der Waals surface area contributed by atoms with E-state index in [0.717, 1.165) is 24.4 Å². The Morgan fingerprint density at radius 3 is 2.18 bits per heavy atom. The fourth-order valence-corrected chi connectivity index (χ4v) is 3.88. The third-order valence-corrected chi connectivity index (χ3v) is 5.60. The van der Waals surface area contributed by atoms with E-state index in [9.17, 15) is 35.5 Å². The third-order valence-electron chi connectivity index (χ3n) is 5.60. The Labute approximate surface area is 219 Å². The van der Waals surface area contributed by atoms with E-state index < -0.39 is 48.4 Å². The van der Waals surface area contributed by atoms with Crippen LogP contribution in [0.5, 0.6) is 11.5 Å². The molecular formula is C26H24F7N3O3. The van der Waals surface area contributed by atoms with Crippen LogP contribution in [0.25, 0.3) is 0 Å². The van der Waals surface area contributed by atoms with Gasteiger partial charge in [-0.3, -0.25) is 9.78 Å². The SMILES string of the molecule is CNC(=O)C(c1ccccc1)N(CCCc1ccc(C(F)(F)F)cn1)c1ccc(OC(F)F)c(OC(F)F)c1. The predicted octanol–water partition coefficient (Wildman–Crippen LogP) is 6.23. The molecule has 1 amide bonds. The number of nitrogens with one attached hydrogen (secondary N) is 1. The van der Waals surface area contributed by atoms with Crippen LogP contribution in [0.15, 0.2) is 66.9 Å². The van der Waals surface area contributed by atoms with E-state index >= 15 is 0 Å². The van der Waals surface area contributed by atoms with Gasteiger partial charge < -0.3 is 19.7 Å². The summed E-state index contributed by atoms with van der Waals surface area (Å²) < 4.78 is 99.0. The molecule has 1 aromatic heterocycles. The van der Waals surface area contributed by atoms with E-state index in [1.807, 2.05) is 0 Å². The van der Waals surface area contributed by atoms with Crippen molar-refractivity contribution in [1.29, 1.82) is 0 Å². The molecule has 3 rings (SSSR count). The Bertz CT molecular complexity index is 1210. The Kier molecular flexibility index (Phi) is 9.96. The fraction of sp³-hybridized carbons (Fsp3) is 0.308. The topological polar surface area (TPSA) is 63.7 Å². The Morgan fingerprint density at radius 1 is 0.949 bits per heavy atom. The number of aromatic nitrogens is 1. The first-order valence-electron chi connectivity index (χ1n) is 11.6. The van der Waals surface area contributed by atoms with Gasteiger partial charge in [-0.05, 0) is 42.7 Å². The zero-order valence-corrected chi connectivity index (χ0v) is 20.5. The summed E-state index contributed by atoms with van der Waals surface area (Å²) in [5, 5.41) is 2.55. The average molecular weight is 559 g/mol. The van der Waals surface area contributed by atoms with E-state index in [2.05, 4.69) is 19.8 Å². The van der Waals surface area contributed by atoms with Gasteiger partial charge in [-0.2, -0.15) is 30.7 Å². The molecule has 0 saturated heterocycles. The summed E-state index contributed by atoms with van der Waals surface area (Å²) in [5.74, 6) is -1.75. The highest BCUT2D eigenvalue weighted by atomic mass is 19.4. The number of aryl methyl sites for hydroxylation is 1. The number of rotatable bonds is 12. The van der Waals surface area contributed by atoms with Crippen LogP contribution in [-0.4, -0.2) is 37.7 Å². The highest BCUT2D eigenvalue weighted by molar-refractivity contribution is 5.86. The Balaban J connectivity index is 1.97. The Hall–Kier alpha value is -4.03. The summed E-state index contributed by atoms with van der Waals surface area (Å²) in [4.78, 5) is 18.4. The van der Waals surface area contributed by atoms with E-state index in [-0.39, 0.29) is 25.1 Å². The van der Waals surface area contributed by atoms with Crippen molar-refractivity contribution in [1.82, 2.24) is 10.3 Å². The van der Waals surface area contributed by atoms with Crippen molar-refractivity contribution in [3.63, 3.8) is 0 Å². The highest BCUT2D eigenvalue weighted by Crippen LogP contribution is 2.37. The number of anilines is 1. The fourth-order valence-electron chi connectivity index (χ4n) is 3.88. The number of nitrogens with zero attached hydrogens (tertiary/aromatic N) is 2. The maximum atomic E-state index is 13.0. The molecular weight excluding hydrogens is 535 g/mol. The van der Waals surface area contributed by atoms with Gasteiger partial charge in [-0.15, -0.1) is 0 Å². The van der Waals surface area contributed by atoms with Crippen molar-refractivity contribution in [3.05, 3.63) is 83.7 Å². The van der Waals surface area contributed by atoms with Crippen molar-refractivity contribution < 1.29 is 45.0 Å². The van der Waals surface area contributed by atoms with Gasteiger partial charge in [0, 0.05) is 37.2 Å². The first-order valence-corrected chi connectivity index (χ1v) is 11.6. The summed E-state index contributed by atoms with van der Waals surface area (Å²) >= 11 is 0. The average Bonchev–Trinajstić information content (AvgIpc) is 2.88. The highest BCUT2D eigenvalue weighted by Gasteiger charge is 2.31. The maximum absolute atomic E-state index is 13.0. The number of hydrogen-bond donors (Lipinski definition) is 1. The number of carbonyl (C=O) groups is 1. The second-order valence-corrected chi connectivity index (χ2v) is 8.15. The third kappa shape index (κ3) is 8.23. The molecule has 0 radical (unpaired) electrons. The minimum atomic E-state index is -4.53. The van der Waals surface area contributed by atoms with Crippen LogP contribution in [0, 0.1) is 0 Å². The number of ether oxygens (including phenoxy) is 2. The molecule has 1 N–H and O–H groups in total. The number of amides is 1. The van der Waals surface area contributed by atoms with E-state index in [4.69, 9.17) is 0 Å². The number of alkyl halides is 7. The minimum Gasteiger partial charge on any atom is -0.431 e. The number of likely N-dealkylation sites (N-methyl/N-ethyl adjacent to an activating group) is 1. The molecule has 0 bridgehead atoms. The second kappa shape index (κ2) is 13.2. The standard InChI is InChI=1S/C26H24F7N3O3/c1-34-23(37)22(16-6-3-2-4-7-16)36(13-5-8-18-10-9-17(15-35-18)26(31,32)33)19-11-12-20(38-24(27)28)21(14-19)39-25(29)30/h2-4,6-7,9-12,14-15,22,24-25H,5,8,13H2,1H3,(H,34,37). The lowest BCUT2D eigenvalue weighted by Crippen LogP contribution is -2.40. The van der Waals surface area contributed by atoms with Crippen molar-refractivity contribution in [2.24, 2.45) is 0 Å². The lowest BCUT2D eigenvalue weighted by Gasteiger charge is -2.33. The molecule has 1 heterocycles. The smallest absolute Gasteiger partial charge is 0.417 e. The van der Waals surface area contributed by atoms with Gasteiger partial charge in [-0.25, -0.2) is 0 Å². The van der Waals surface area contributed by atoms with Crippen molar-refractivity contribution >= 4 is 11.6 Å². The summed E-state index contributed by atoms with van der Waals surface area (Å²) in [5.41, 5.74) is 0.176. The largest absolute Gasteiger partial charge is 0.431 e. The molecule has 39 heavy (non-hydrogen) atoms. The van der Waals surface area contributed by atoms with Gasteiger partial charge in [-0.1, -0.05) is 30.3 Å². The van der Waals surface area contributed by atoms with Crippen LogP contribution in [0.3, 0.4) is 0 Å². The molecule has 0 saturated carbocycles. The molecule has 0 aliphatic rings. The molecule has 0 fully saturated rings. The normalized spacial score (nSPS) is 12.4. The first-order chi connectivity index (χ1) is 18.5. The number of pyridine rings is 1. The quantitative estimate of drug-likeness (QED) is 0.267. The zero-order valence-electron chi connectivity index (χ0n) is 20.5. The molecule has 0 spiro atoms. The number of benzene rings is 2. The van der Waals surface area contributed by atoms with Gasteiger partial charge in [0.05, 0.1) is 5.56 Å². The van der Waals surface area contributed by atoms with Crippen molar-refractivity contribution in [3.8, 4) is 11.5 Å². The molecule has 6 nitrogen and oxygen atoms in total. The monoisotopic (exact) mass is 559 g/mol. The van der Waals surface area contributed by atoms with Gasteiger partial charge >= 0.3 is 19.4 Å². The Morgan fingerprint density at radius 2 is 1.62 bits per heavy atom. The number of carbonyl (C=O) groups excluding carboxylic acids is 1. The van der Waals surface area contributed by atoms with Crippen LogP contribution in [0.2, 0.25) is 0 Å². The zero-order chi connectivity index (χ0) is 28.6. The predicted molar refractivity (Wildman–Crippen MR) is 128 cm³/mol. The molecule has 0 aliphatic heterocycles. The van der Waals surface area contributed by atoms with Gasteiger partial charge in [0.1, 0.15) is 6.04 Å². The molecule has 13 heteroatoms. The van der Waals surface area contributed by atoms with Gasteiger partial charge in [0.25, 0.3) is 0 Å². The van der Waals surface area contributed by atoms with Crippen LogP contribution in [0.4, 0.5) is 36.4 Å². The molecule has 2 aromatic carbocycles. The van der Waals surface area contributed by atoms with Crippen LogP contribution in [0.1, 0.15) is 29.3 Å². The second-order valence-electron chi connectivity index (χ2n) is 8.15. The van der Waals surface area contributed by atoms with Crippen LogP contribution in [-0.2, 0) is 17.4 Å². The summed E-state index contributed by atoms with van der Waals surface area (Å²) in [6.07, 6.45) is -3.31. The molecule has 1 atom stereocenters. The van der Waals surface area contributed by atoms with Crippen LogP contribution < -0.4 is 19.7 Å². The lowest BCUT2D eigenvalue weighted by molar-refractivity contribution is -0.137. The minimum absolute atomic E-state index is 0.0961. The lowest BCUT2D eigenvalue weighted by atomic mass is 10.0. The first kappa shape index (κ1) is 29.5. The molecule has 3 aromatic rings. The molecule has 1 unspecified atom stereocenters. The van der Waals surface area contributed by atoms with Gasteiger partial charge in [0.2, 0.25) is 5.91 Å². The maximum Gasteiger partial charge on any atom is 0.417 e. The van der Waals surface area contributed by atoms with E-state index in [1.54, 1.807) is 35.2 Å². The van der Waals surface area contributed by atoms with Crippen LogP contribution >= 0.6 is 0 Å². The summed E-state index contributed by atoms with van der Waals surface area (Å²) in [7, 11) is 1.41. The summed E-state index contributed by atoms with van der Waals surface area (Å²) in [6, 6.07) is 13.0. The van der Waals surface area contributed by atoms with E-state index in [0.29, 0.717) is 11.3 Å². The van der Waals surface area contributed by atoms with Gasteiger partial charge in [0.15, 0.2) is 11.5 Å². The van der Waals surface area contributed by atoms with Crippen molar-refractivity contribution in [2.75, 3.05) is 18.5 Å². The molecule has 210 valence electrons. The van der Waals surface area contributed by atoms with Crippen molar-refractivity contribution in [2.45, 2.75) is 38.3 Å². The van der Waals surface area contributed by atoms with E-state index in [1.165, 1.54) is 19.2 Å². The molecule has 0 aliphatic carbocycles. The number of hydrogen-bond acceptors (Lipinski definition) is 5. The summed E-state index contributed by atoms with van der Waals surface area (Å²) in [6.45, 7) is -6.55.